The SMILES string of the molecule is CNCc1cc(COc2cc(Cl)cc(Cl)c2)oc1C. The van der Waals surface area contributed by atoms with Gasteiger partial charge in [-0.2, -0.15) is 0 Å². The number of benzene rings is 1. The third-order valence-corrected chi connectivity index (χ3v) is 3.09. The Morgan fingerprint density at radius 2 is 1.84 bits per heavy atom. The Bertz CT molecular complexity index is 546. The molecule has 0 aliphatic heterocycles. The fourth-order valence-electron chi connectivity index (χ4n) is 1.79. The van der Waals surface area contributed by atoms with Crippen molar-refractivity contribution in [1.29, 1.82) is 0 Å². The van der Waals surface area contributed by atoms with Gasteiger partial charge in [0.05, 0.1) is 0 Å². The van der Waals surface area contributed by atoms with E-state index < -0.39 is 0 Å². The summed E-state index contributed by atoms with van der Waals surface area (Å²) in [6, 6.07) is 7.09. The van der Waals surface area contributed by atoms with Crippen LogP contribution in [0, 0.1) is 6.92 Å². The maximum absolute atomic E-state index is 5.91. The van der Waals surface area contributed by atoms with E-state index in [-0.39, 0.29) is 0 Å². The van der Waals surface area contributed by atoms with Crippen LogP contribution in [0.1, 0.15) is 17.1 Å². The van der Waals surface area contributed by atoms with Gasteiger partial charge in [0.25, 0.3) is 0 Å². The van der Waals surface area contributed by atoms with E-state index >= 15 is 0 Å². The number of halogens is 2. The number of hydrogen-bond acceptors (Lipinski definition) is 3. The Labute approximate surface area is 122 Å². The molecule has 0 saturated heterocycles. The molecule has 0 spiro atoms. The van der Waals surface area contributed by atoms with E-state index in [9.17, 15) is 0 Å². The van der Waals surface area contributed by atoms with Gasteiger partial charge < -0.3 is 14.5 Å². The lowest BCUT2D eigenvalue weighted by atomic mass is 10.2. The third kappa shape index (κ3) is 3.90. The summed E-state index contributed by atoms with van der Waals surface area (Å²) >= 11 is 11.8. The Kier molecular flexibility index (Phi) is 4.75. The molecule has 0 saturated carbocycles. The zero-order valence-electron chi connectivity index (χ0n) is 10.8. The molecule has 3 nitrogen and oxygen atoms in total. The van der Waals surface area contributed by atoms with E-state index in [0.717, 1.165) is 23.6 Å². The Morgan fingerprint density at radius 1 is 1.16 bits per heavy atom. The summed E-state index contributed by atoms with van der Waals surface area (Å²) < 4.78 is 11.2. The second kappa shape index (κ2) is 6.33. The molecule has 0 fully saturated rings. The molecule has 1 aromatic heterocycles. The van der Waals surface area contributed by atoms with Gasteiger partial charge in [0.1, 0.15) is 23.9 Å². The molecule has 0 unspecified atom stereocenters. The summed E-state index contributed by atoms with van der Waals surface area (Å²) in [7, 11) is 1.90. The predicted octanol–water partition coefficient (Wildman–Crippen LogP) is 4.19. The first-order chi connectivity index (χ1) is 9.08. The largest absolute Gasteiger partial charge is 0.486 e. The van der Waals surface area contributed by atoms with Gasteiger partial charge >= 0.3 is 0 Å². The highest BCUT2D eigenvalue weighted by molar-refractivity contribution is 6.34. The first kappa shape index (κ1) is 14.3. The summed E-state index contributed by atoms with van der Waals surface area (Å²) in [4.78, 5) is 0. The lowest BCUT2D eigenvalue weighted by Gasteiger charge is -2.05. The fourth-order valence-corrected chi connectivity index (χ4v) is 2.30. The average molecular weight is 300 g/mol. The minimum absolute atomic E-state index is 0.348. The second-order valence-electron chi connectivity index (χ2n) is 4.22. The van der Waals surface area contributed by atoms with Gasteiger partial charge in [-0.1, -0.05) is 23.2 Å². The van der Waals surface area contributed by atoms with E-state index in [1.807, 2.05) is 20.0 Å². The van der Waals surface area contributed by atoms with Crippen LogP contribution in [0.2, 0.25) is 10.0 Å². The molecule has 0 atom stereocenters. The van der Waals surface area contributed by atoms with Gasteiger partial charge in [-0.15, -0.1) is 0 Å². The zero-order valence-corrected chi connectivity index (χ0v) is 12.3. The first-order valence-electron chi connectivity index (χ1n) is 5.90. The molecule has 19 heavy (non-hydrogen) atoms. The van der Waals surface area contributed by atoms with Crippen molar-refractivity contribution in [3.63, 3.8) is 0 Å². The molecular formula is C14H15Cl2NO2. The van der Waals surface area contributed by atoms with Gasteiger partial charge in [-0.05, 0) is 38.2 Å². The molecule has 0 amide bonds. The van der Waals surface area contributed by atoms with Crippen LogP contribution in [-0.2, 0) is 13.2 Å². The van der Waals surface area contributed by atoms with Crippen molar-refractivity contribution in [2.24, 2.45) is 0 Å². The highest BCUT2D eigenvalue weighted by Gasteiger charge is 2.08. The highest BCUT2D eigenvalue weighted by Crippen LogP contribution is 2.25. The lowest BCUT2D eigenvalue weighted by Crippen LogP contribution is -2.04. The molecule has 0 aliphatic carbocycles. The van der Waals surface area contributed by atoms with E-state index in [2.05, 4.69) is 5.32 Å². The number of furan rings is 1. The highest BCUT2D eigenvalue weighted by atomic mass is 35.5. The summed E-state index contributed by atoms with van der Waals surface area (Å²) in [5.41, 5.74) is 1.13. The summed E-state index contributed by atoms with van der Waals surface area (Å²) in [5, 5.41) is 4.19. The Morgan fingerprint density at radius 3 is 2.47 bits per heavy atom. The molecule has 0 radical (unpaired) electrons. The molecule has 1 heterocycles. The van der Waals surface area contributed by atoms with Crippen LogP contribution < -0.4 is 10.1 Å². The molecular weight excluding hydrogens is 285 g/mol. The molecule has 1 N–H and O–H groups in total. The Hall–Kier alpha value is -1.16. The molecule has 1 aromatic carbocycles. The van der Waals surface area contributed by atoms with Gasteiger partial charge in [-0.25, -0.2) is 0 Å². The van der Waals surface area contributed by atoms with Crippen LogP contribution in [-0.4, -0.2) is 7.05 Å². The minimum Gasteiger partial charge on any atom is -0.486 e. The van der Waals surface area contributed by atoms with Crippen molar-refractivity contribution in [2.75, 3.05) is 7.05 Å². The van der Waals surface area contributed by atoms with E-state index in [1.54, 1.807) is 18.2 Å². The van der Waals surface area contributed by atoms with Crippen molar-refractivity contribution in [3.8, 4) is 5.75 Å². The molecule has 0 bridgehead atoms. The van der Waals surface area contributed by atoms with Crippen LogP contribution in [0.4, 0.5) is 0 Å². The summed E-state index contributed by atoms with van der Waals surface area (Å²) in [5.74, 6) is 2.30. The zero-order chi connectivity index (χ0) is 13.8. The molecule has 0 aliphatic rings. The van der Waals surface area contributed by atoms with Crippen molar-refractivity contribution in [1.82, 2.24) is 5.32 Å². The molecule has 2 rings (SSSR count). The van der Waals surface area contributed by atoms with Crippen LogP contribution in [0.15, 0.2) is 28.7 Å². The van der Waals surface area contributed by atoms with Crippen molar-refractivity contribution < 1.29 is 9.15 Å². The summed E-state index contributed by atoms with van der Waals surface area (Å²) in [6.07, 6.45) is 0. The van der Waals surface area contributed by atoms with Crippen LogP contribution in [0.5, 0.6) is 5.75 Å². The average Bonchev–Trinajstić information content (AvgIpc) is 2.67. The van der Waals surface area contributed by atoms with Crippen molar-refractivity contribution in [3.05, 3.63) is 51.4 Å². The maximum atomic E-state index is 5.91. The monoisotopic (exact) mass is 299 g/mol. The normalized spacial score (nSPS) is 10.7. The second-order valence-corrected chi connectivity index (χ2v) is 5.09. The van der Waals surface area contributed by atoms with E-state index in [4.69, 9.17) is 32.4 Å². The fraction of sp³-hybridized carbons (Fsp3) is 0.286. The van der Waals surface area contributed by atoms with Crippen molar-refractivity contribution in [2.45, 2.75) is 20.1 Å². The Balaban J connectivity index is 2.03. The lowest BCUT2D eigenvalue weighted by molar-refractivity contribution is 0.267. The van der Waals surface area contributed by atoms with E-state index in [0.29, 0.717) is 22.4 Å². The third-order valence-electron chi connectivity index (χ3n) is 2.66. The van der Waals surface area contributed by atoms with Crippen LogP contribution in [0.3, 0.4) is 0 Å². The first-order valence-corrected chi connectivity index (χ1v) is 6.66. The van der Waals surface area contributed by atoms with Gasteiger partial charge in [0.2, 0.25) is 0 Å². The number of aryl methyl sites for hydroxylation is 1. The summed E-state index contributed by atoms with van der Waals surface area (Å²) in [6.45, 7) is 3.06. The standard InChI is InChI=1S/C14H15Cl2NO2/c1-9-10(7-17-2)3-14(19-9)8-18-13-5-11(15)4-12(16)6-13/h3-6,17H,7-8H2,1-2H3. The molecule has 5 heteroatoms. The van der Waals surface area contributed by atoms with Gasteiger partial charge in [0, 0.05) is 22.2 Å². The molecule has 2 aromatic rings. The quantitative estimate of drug-likeness (QED) is 0.899. The number of rotatable bonds is 5. The number of ether oxygens (including phenoxy) is 1. The maximum Gasteiger partial charge on any atom is 0.146 e. The van der Waals surface area contributed by atoms with Crippen molar-refractivity contribution >= 4 is 23.2 Å². The van der Waals surface area contributed by atoms with Crippen LogP contribution in [0.25, 0.3) is 0 Å². The van der Waals surface area contributed by atoms with E-state index in [1.165, 1.54) is 0 Å². The van der Waals surface area contributed by atoms with Crippen LogP contribution >= 0.6 is 23.2 Å². The smallest absolute Gasteiger partial charge is 0.146 e. The molecule has 102 valence electrons. The topological polar surface area (TPSA) is 34.4 Å². The minimum atomic E-state index is 0.348. The predicted molar refractivity (Wildman–Crippen MR) is 77.0 cm³/mol. The number of hydrogen-bond donors (Lipinski definition) is 1. The van der Waals surface area contributed by atoms with Gasteiger partial charge in [0.15, 0.2) is 0 Å². The van der Waals surface area contributed by atoms with Gasteiger partial charge in [-0.3, -0.25) is 0 Å². The number of nitrogens with one attached hydrogen (secondary N) is 1.